The van der Waals surface area contributed by atoms with E-state index >= 15 is 0 Å². The molecule has 35 heavy (non-hydrogen) atoms. The van der Waals surface area contributed by atoms with Gasteiger partial charge in [0.2, 0.25) is 5.91 Å². The van der Waals surface area contributed by atoms with Crippen LogP contribution in [0.1, 0.15) is 68.0 Å². The number of anilines is 1. The number of carbonyl (C=O) groups excluding carboxylic acids is 1. The van der Waals surface area contributed by atoms with Gasteiger partial charge in [0.1, 0.15) is 28.2 Å². The SMILES string of the molecule is CCc1c(C#N)c(SC(C(N)=O)c2ccccc2)nc(N2CCC(NCC(C)(C)C)CC2)c1C#N. The van der Waals surface area contributed by atoms with Crippen LogP contribution in [0.3, 0.4) is 0 Å². The Kier molecular flexibility index (Phi) is 8.77. The zero-order valence-corrected chi connectivity index (χ0v) is 21.8. The summed E-state index contributed by atoms with van der Waals surface area (Å²) >= 11 is 1.18. The summed E-state index contributed by atoms with van der Waals surface area (Å²) in [4.78, 5) is 19.3. The second kappa shape index (κ2) is 11.6. The molecule has 0 spiro atoms. The molecule has 1 aromatic heterocycles. The first-order valence-corrected chi connectivity index (χ1v) is 12.9. The second-order valence-electron chi connectivity index (χ2n) is 10.1. The van der Waals surface area contributed by atoms with Gasteiger partial charge in [-0.3, -0.25) is 4.79 Å². The molecule has 0 bridgehead atoms. The fourth-order valence-corrected chi connectivity index (χ4v) is 5.33. The predicted octanol–water partition coefficient (Wildman–Crippen LogP) is 4.31. The lowest BCUT2D eigenvalue weighted by atomic mass is 9.95. The van der Waals surface area contributed by atoms with Crippen molar-refractivity contribution in [3.63, 3.8) is 0 Å². The van der Waals surface area contributed by atoms with Crippen LogP contribution in [-0.4, -0.2) is 36.6 Å². The van der Waals surface area contributed by atoms with Crippen LogP contribution in [0, 0.1) is 28.1 Å². The maximum absolute atomic E-state index is 12.4. The molecule has 2 heterocycles. The minimum Gasteiger partial charge on any atom is -0.368 e. The Morgan fingerprint density at radius 1 is 1.20 bits per heavy atom. The minimum absolute atomic E-state index is 0.220. The number of hydrogen-bond donors (Lipinski definition) is 2. The molecular formula is C27H34N6OS. The van der Waals surface area contributed by atoms with Gasteiger partial charge in [0.05, 0.1) is 11.1 Å². The molecule has 3 rings (SSSR count). The van der Waals surface area contributed by atoms with Crippen molar-refractivity contribution in [3.05, 3.63) is 52.6 Å². The zero-order valence-electron chi connectivity index (χ0n) is 21.0. The van der Waals surface area contributed by atoms with Crippen molar-refractivity contribution in [2.45, 2.75) is 63.3 Å². The highest BCUT2D eigenvalue weighted by Crippen LogP contribution is 2.39. The summed E-state index contributed by atoms with van der Waals surface area (Å²) in [5.74, 6) is 0.0954. The van der Waals surface area contributed by atoms with Crippen molar-refractivity contribution in [2.24, 2.45) is 11.1 Å². The van der Waals surface area contributed by atoms with E-state index in [1.807, 2.05) is 37.3 Å². The Hall–Kier alpha value is -3.07. The van der Waals surface area contributed by atoms with Crippen LogP contribution in [0.2, 0.25) is 0 Å². The summed E-state index contributed by atoms with van der Waals surface area (Å²) in [6.07, 6.45) is 2.41. The number of nitrogens with one attached hydrogen (secondary N) is 1. The largest absolute Gasteiger partial charge is 0.368 e. The van der Waals surface area contributed by atoms with E-state index in [1.54, 1.807) is 0 Å². The van der Waals surface area contributed by atoms with Gasteiger partial charge in [-0.05, 0) is 35.8 Å². The first kappa shape index (κ1) is 26.5. The van der Waals surface area contributed by atoms with Gasteiger partial charge in [0.15, 0.2) is 0 Å². The molecule has 1 saturated heterocycles. The number of thioether (sulfide) groups is 1. The van der Waals surface area contributed by atoms with Gasteiger partial charge in [0, 0.05) is 25.7 Å². The number of pyridine rings is 1. The van der Waals surface area contributed by atoms with E-state index in [4.69, 9.17) is 10.7 Å². The summed E-state index contributed by atoms with van der Waals surface area (Å²) in [6, 6.07) is 14.2. The number of nitrogens with two attached hydrogens (primary N) is 1. The standard InChI is InChI=1S/C27H34N6OS/c1-5-20-21(15-28)25(33-13-11-19(12-14-33)31-17-27(2,3)4)32-26(22(20)16-29)35-23(24(30)34)18-9-7-6-8-10-18/h6-10,19,23,31H,5,11-14,17H2,1-4H3,(H2,30,34). The zero-order chi connectivity index (χ0) is 25.6. The first-order valence-electron chi connectivity index (χ1n) is 12.0. The quantitative estimate of drug-likeness (QED) is 0.529. The molecule has 1 unspecified atom stereocenters. The van der Waals surface area contributed by atoms with Gasteiger partial charge in [-0.25, -0.2) is 4.98 Å². The number of nitrogens with zero attached hydrogens (tertiary/aromatic N) is 4. The highest BCUT2D eigenvalue weighted by Gasteiger charge is 2.29. The van der Waals surface area contributed by atoms with Crippen molar-refractivity contribution in [1.82, 2.24) is 10.3 Å². The van der Waals surface area contributed by atoms with Gasteiger partial charge in [0.25, 0.3) is 0 Å². The monoisotopic (exact) mass is 490 g/mol. The van der Waals surface area contributed by atoms with Crippen molar-refractivity contribution >= 4 is 23.5 Å². The minimum atomic E-state index is -0.686. The Labute approximate surface area is 212 Å². The van der Waals surface area contributed by atoms with Crippen molar-refractivity contribution in [1.29, 1.82) is 10.5 Å². The molecule has 184 valence electrons. The summed E-state index contributed by atoms with van der Waals surface area (Å²) < 4.78 is 0. The van der Waals surface area contributed by atoms with Crippen molar-refractivity contribution in [3.8, 4) is 12.1 Å². The molecule has 0 aliphatic carbocycles. The summed E-state index contributed by atoms with van der Waals surface area (Å²) in [5, 5.41) is 23.4. The average molecular weight is 491 g/mol. The van der Waals surface area contributed by atoms with Crippen LogP contribution in [0.5, 0.6) is 0 Å². The molecule has 1 atom stereocenters. The highest BCUT2D eigenvalue weighted by atomic mass is 32.2. The molecule has 1 amide bonds. The van der Waals surface area contributed by atoms with E-state index in [2.05, 4.69) is 43.1 Å². The fourth-order valence-electron chi connectivity index (χ4n) is 4.27. The molecular weight excluding hydrogens is 456 g/mol. The number of nitriles is 2. The Balaban J connectivity index is 1.95. The Morgan fingerprint density at radius 3 is 2.34 bits per heavy atom. The third kappa shape index (κ3) is 6.54. The number of hydrogen-bond acceptors (Lipinski definition) is 7. The van der Waals surface area contributed by atoms with Crippen LogP contribution >= 0.6 is 11.8 Å². The number of benzene rings is 1. The molecule has 0 saturated carbocycles. The van der Waals surface area contributed by atoms with Crippen molar-refractivity contribution < 1.29 is 4.79 Å². The molecule has 1 aromatic carbocycles. The van der Waals surface area contributed by atoms with Crippen LogP contribution in [0.15, 0.2) is 35.4 Å². The number of carbonyl (C=O) groups is 1. The molecule has 8 heteroatoms. The number of amides is 1. The van der Waals surface area contributed by atoms with Gasteiger partial charge in [-0.1, -0.05) is 69.8 Å². The van der Waals surface area contributed by atoms with Crippen LogP contribution in [-0.2, 0) is 11.2 Å². The summed E-state index contributed by atoms with van der Waals surface area (Å²) in [5.41, 5.74) is 8.20. The van der Waals surface area contributed by atoms with E-state index in [1.165, 1.54) is 11.8 Å². The maximum Gasteiger partial charge on any atom is 0.235 e. The Bertz CT molecular complexity index is 1120. The second-order valence-corrected chi connectivity index (χ2v) is 11.2. The third-order valence-electron chi connectivity index (χ3n) is 6.13. The predicted molar refractivity (Wildman–Crippen MR) is 140 cm³/mol. The topological polar surface area (TPSA) is 119 Å². The normalized spacial score (nSPS) is 15.3. The van der Waals surface area contributed by atoms with E-state index < -0.39 is 11.2 Å². The molecule has 2 aromatic rings. The number of primary amides is 1. The van der Waals surface area contributed by atoms with Gasteiger partial charge < -0.3 is 16.0 Å². The van der Waals surface area contributed by atoms with E-state index in [0.717, 1.165) is 38.0 Å². The van der Waals surface area contributed by atoms with Crippen LogP contribution in [0.4, 0.5) is 5.82 Å². The van der Waals surface area contributed by atoms with E-state index in [-0.39, 0.29) is 5.41 Å². The number of piperidine rings is 1. The lowest BCUT2D eigenvalue weighted by Crippen LogP contribution is -2.45. The first-order chi connectivity index (χ1) is 16.7. The maximum atomic E-state index is 12.4. The van der Waals surface area contributed by atoms with Crippen LogP contribution in [0.25, 0.3) is 0 Å². The molecule has 1 aliphatic rings. The fraction of sp³-hybridized carbons (Fsp3) is 0.481. The summed E-state index contributed by atoms with van der Waals surface area (Å²) in [7, 11) is 0. The van der Waals surface area contributed by atoms with E-state index in [9.17, 15) is 15.3 Å². The van der Waals surface area contributed by atoms with E-state index in [0.29, 0.717) is 40.0 Å². The lowest BCUT2D eigenvalue weighted by molar-refractivity contribution is -0.117. The van der Waals surface area contributed by atoms with Crippen molar-refractivity contribution in [2.75, 3.05) is 24.5 Å². The summed E-state index contributed by atoms with van der Waals surface area (Å²) in [6.45, 7) is 11.1. The van der Waals surface area contributed by atoms with Gasteiger partial charge >= 0.3 is 0 Å². The van der Waals surface area contributed by atoms with Gasteiger partial charge in [-0.2, -0.15) is 10.5 Å². The smallest absolute Gasteiger partial charge is 0.235 e. The molecule has 7 nitrogen and oxygen atoms in total. The molecule has 3 N–H and O–H groups in total. The average Bonchev–Trinajstić information content (AvgIpc) is 2.85. The van der Waals surface area contributed by atoms with Gasteiger partial charge in [-0.15, -0.1) is 0 Å². The Morgan fingerprint density at radius 2 is 1.83 bits per heavy atom. The number of aromatic nitrogens is 1. The third-order valence-corrected chi connectivity index (χ3v) is 7.39. The molecule has 1 fully saturated rings. The van der Waals surface area contributed by atoms with Crippen LogP contribution < -0.4 is 16.0 Å². The number of rotatable bonds is 8. The molecule has 0 radical (unpaired) electrons. The highest BCUT2D eigenvalue weighted by molar-refractivity contribution is 8.00. The lowest BCUT2D eigenvalue weighted by Gasteiger charge is -2.35. The molecule has 1 aliphatic heterocycles.